The molecule has 2 fully saturated rings. The van der Waals surface area contributed by atoms with E-state index in [1.54, 1.807) is 16.8 Å². The van der Waals surface area contributed by atoms with Gasteiger partial charge in [0, 0.05) is 12.6 Å². The number of fused-ring (bicyclic) bond motifs is 1. The Hall–Kier alpha value is -2.28. The standard InChI is InChI=1S/C19H21N5OS/c25-18-14-8-3-4-9-15(14)21-17(24(18)13-6-1-2-7-13)16-10-5-11-23(16)19-22-20-12-26-19/h3-4,8-9,12-13,16H,1-2,5-7,10-11H2. The van der Waals surface area contributed by atoms with Gasteiger partial charge < -0.3 is 4.90 Å². The van der Waals surface area contributed by atoms with Crippen LogP contribution in [0.2, 0.25) is 0 Å². The van der Waals surface area contributed by atoms with Crippen molar-refractivity contribution in [3.05, 3.63) is 46.0 Å². The minimum absolute atomic E-state index is 0.0980. The minimum Gasteiger partial charge on any atom is -0.336 e. The molecule has 6 nitrogen and oxygen atoms in total. The molecule has 1 aliphatic carbocycles. The number of para-hydroxylation sites is 1. The summed E-state index contributed by atoms with van der Waals surface area (Å²) in [6.07, 6.45) is 6.59. The average Bonchev–Trinajstić information content (AvgIpc) is 3.42. The summed E-state index contributed by atoms with van der Waals surface area (Å²) in [6.45, 7) is 0.938. The Labute approximate surface area is 155 Å². The van der Waals surface area contributed by atoms with Crippen molar-refractivity contribution in [3.63, 3.8) is 0 Å². The molecule has 1 aromatic carbocycles. The average molecular weight is 367 g/mol. The van der Waals surface area contributed by atoms with Gasteiger partial charge in [0.2, 0.25) is 5.13 Å². The van der Waals surface area contributed by atoms with E-state index in [1.807, 2.05) is 28.8 Å². The van der Waals surface area contributed by atoms with Crippen LogP contribution >= 0.6 is 11.3 Å². The maximum atomic E-state index is 13.4. The summed E-state index contributed by atoms with van der Waals surface area (Å²) < 4.78 is 2.01. The first-order chi connectivity index (χ1) is 12.8. The molecule has 2 aromatic heterocycles. The first kappa shape index (κ1) is 15.9. The summed E-state index contributed by atoms with van der Waals surface area (Å²) in [5.74, 6) is 0.910. The number of hydrogen-bond acceptors (Lipinski definition) is 6. The maximum Gasteiger partial charge on any atom is 0.261 e. The predicted molar refractivity (Wildman–Crippen MR) is 103 cm³/mol. The fourth-order valence-electron chi connectivity index (χ4n) is 4.47. The third-order valence-corrected chi connectivity index (χ3v) is 6.40. The summed E-state index contributed by atoms with van der Waals surface area (Å²) in [4.78, 5) is 20.6. The van der Waals surface area contributed by atoms with Crippen LogP contribution in [0.3, 0.4) is 0 Å². The smallest absolute Gasteiger partial charge is 0.261 e. The summed E-state index contributed by atoms with van der Waals surface area (Å²) in [6, 6.07) is 8.09. The second kappa shape index (κ2) is 6.46. The van der Waals surface area contributed by atoms with Crippen LogP contribution in [0.5, 0.6) is 0 Å². The second-order valence-electron chi connectivity index (χ2n) is 7.17. The highest BCUT2D eigenvalue weighted by molar-refractivity contribution is 7.13. The Morgan fingerprint density at radius 2 is 1.92 bits per heavy atom. The van der Waals surface area contributed by atoms with E-state index in [0.29, 0.717) is 0 Å². The SMILES string of the molecule is O=c1c2ccccc2nc(C2CCCN2c2nncs2)n1C1CCCC1. The quantitative estimate of drug-likeness (QED) is 0.706. The molecule has 0 radical (unpaired) electrons. The summed E-state index contributed by atoms with van der Waals surface area (Å²) >= 11 is 1.55. The molecule has 26 heavy (non-hydrogen) atoms. The van der Waals surface area contributed by atoms with Gasteiger partial charge >= 0.3 is 0 Å². The lowest BCUT2D eigenvalue weighted by atomic mass is 10.1. The van der Waals surface area contributed by atoms with Gasteiger partial charge in [0.1, 0.15) is 11.3 Å². The number of hydrogen-bond donors (Lipinski definition) is 0. The highest BCUT2D eigenvalue weighted by atomic mass is 32.1. The van der Waals surface area contributed by atoms with Crippen molar-refractivity contribution in [2.75, 3.05) is 11.4 Å². The van der Waals surface area contributed by atoms with E-state index in [4.69, 9.17) is 4.98 Å². The van der Waals surface area contributed by atoms with Crippen LogP contribution in [0.4, 0.5) is 5.13 Å². The third-order valence-electron chi connectivity index (χ3n) is 5.67. The molecule has 0 amide bonds. The van der Waals surface area contributed by atoms with Gasteiger partial charge in [0.05, 0.1) is 16.9 Å². The molecule has 7 heteroatoms. The largest absolute Gasteiger partial charge is 0.336 e. The molecule has 5 rings (SSSR count). The van der Waals surface area contributed by atoms with Gasteiger partial charge in [-0.3, -0.25) is 9.36 Å². The Morgan fingerprint density at radius 3 is 2.73 bits per heavy atom. The van der Waals surface area contributed by atoms with Crippen LogP contribution < -0.4 is 10.5 Å². The zero-order chi connectivity index (χ0) is 17.5. The molecule has 0 N–H and O–H groups in total. The molecule has 3 heterocycles. The first-order valence-corrected chi connectivity index (χ1v) is 10.2. The van der Waals surface area contributed by atoms with Gasteiger partial charge in [-0.2, -0.15) is 0 Å². The van der Waals surface area contributed by atoms with Crippen LogP contribution in [0.15, 0.2) is 34.6 Å². The van der Waals surface area contributed by atoms with Gasteiger partial charge in [0.25, 0.3) is 5.56 Å². The van der Waals surface area contributed by atoms with Crippen LogP contribution in [0, 0.1) is 0 Å². The molecule has 1 aliphatic heterocycles. The fourth-order valence-corrected chi connectivity index (χ4v) is 5.11. The van der Waals surface area contributed by atoms with Crippen molar-refractivity contribution in [1.82, 2.24) is 19.7 Å². The molecule has 3 aromatic rings. The van der Waals surface area contributed by atoms with Crippen molar-refractivity contribution in [2.24, 2.45) is 0 Å². The molecule has 134 valence electrons. The Kier molecular flexibility index (Phi) is 3.96. The van der Waals surface area contributed by atoms with Crippen molar-refractivity contribution < 1.29 is 0 Å². The maximum absolute atomic E-state index is 13.4. The molecule has 0 spiro atoms. The molecular weight excluding hydrogens is 346 g/mol. The topological polar surface area (TPSA) is 63.9 Å². The summed E-state index contributed by atoms with van der Waals surface area (Å²) in [5, 5.41) is 9.91. The van der Waals surface area contributed by atoms with E-state index in [2.05, 4.69) is 15.1 Å². The van der Waals surface area contributed by atoms with Crippen LogP contribution in [-0.2, 0) is 0 Å². The van der Waals surface area contributed by atoms with E-state index in [-0.39, 0.29) is 17.6 Å². The fraction of sp³-hybridized carbons (Fsp3) is 0.474. The Bertz CT molecular complexity index is 977. The van der Waals surface area contributed by atoms with Crippen molar-refractivity contribution in [3.8, 4) is 0 Å². The van der Waals surface area contributed by atoms with Gasteiger partial charge in [-0.1, -0.05) is 36.3 Å². The minimum atomic E-state index is 0.0980. The van der Waals surface area contributed by atoms with Gasteiger partial charge in [-0.25, -0.2) is 4.98 Å². The van der Waals surface area contributed by atoms with E-state index >= 15 is 0 Å². The number of rotatable bonds is 3. The number of aromatic nitrogens is 4. The van der Waals surface area contributed by atoms with Crippen molar-refractivity contribution in [1.29, 1.82) is 0 Å². The summed E-state index contributed by atoms with van der Waals surface area (Å²) in [5.41, 5.74) is 2.68. The zero-order valence-corrected chi connectivity index (χ0v) is 15.4. The molecular formula is C19H21N5OS. The molecule has 0 bridgehead atoms. The first-order valence-electron chi connectivity index (χ1n) is 9.37. The lowest BCUT2D eigenvalue weighted by Crippen LogP contribution is -2.34. The van der Waals surface area contributed by atoms with Crippen molar-refractivity contribution in [2.45, 2.75) is 50.6 Å². The highest BCUT2D eigenvalue weighted by Crippen LogP contribution is 2.38. The van der Waals surface area contributed by atoms with E-state index < -0.39 is 0 Å². The molecule has 1 saturated carbocycles. The van der Waals surface area contributed by atoms with E-state index in [9.17, 15) is 4.79 Å². The molecule has 1 saturated heterocycles. The van der Waals surface area contributed by atoms with E-state index in [1.165, 1.54) is 12.8 Å². The number of anilines is 1. The van der Waals surface area contributed by atoms with E-state index in [0.717, 1.165) is 54.1 Å². The third kappa shape index (κ3) is 2.53. The summed E-state index contributed by atoms with van der Waals surface area (Å²) in [7, 11) is 0. The van der Waals surface area contributed by atoms with Crippen LogP contribution in [0.25, 0.3) is 10.9 Å². The Balaban J connectivity index is 1.70. The number of benzene rings is 1. The number of nitrogens with zero attached hydrogens (tertiary/aromatic N) is 5. The molecule has 2 aliphatic rings. The monoisotopic (exact) mass is 367 g/mol. The van der Waals surface area contributed by atoms with Gasteiger partial charge in [-0.05, 0) is 37.8 Å². The van der Waals surface area contributed by atoms with Crippen LogP contribution in [-0.4, -0.2) is 26.3 Å². The Morgan fingerprint density at radius 1 is 1.08 bits per heavy atom. The van der Waals surface area contributed by atoms with Gasteiger partial charge in [-0.15, -0.1) is 10.2 Å². The van der Waals surface area contributed by atoms with Gasteiger partial charge in [0.15, 0.2) is 0 Å². The molecule has 1 unspecified atom stereocenters. The van der Waals surface area contributed by atoms with Crippen molar-refractivity contribution >= 4 is 27.4 Å². The highest BCUT2D eigenvalue weighted by Gasteiger charge is 2.34. The predicted octanol–water partition coefficient (Wildman–Crippen LogP) is 3.70. The van der Waals surface area contributed by atoms with Crippen LogP contribution in [0.1, 0.15) is 56.4 Å². The normalized spacial score (nSPS) is 21.1. The second-order valence-corrected chi connectivity index (χ2v) is 7.98. The lowest BCUT2D eigenvalue weighted by Gasteiger charge is -2.28. The molecule has 1 atom stereocenters. The lowest BCUT2D eigenvalue weighted by molar-refractivity contribution is 0.454. The zero-order valence-electron chi connectivity index (χ0n) is 14.5.